The maximum absolute atomic E-state index is 12.8. The monoisotopic (exact) mass is 439 g/mol. The van der Waals surface area contributed by atoms with Gasteiger partial charge in [0.15, 0.2) is 0 Å². The third-order valence-electron chi connectivity index (χ3n) is 7.42. The lowest BCUT2D eigenvalue weighted by Gasteiger charge is -2.52. The van der Waals surface area contributed by atoms with Crippen molar-refractivity contribution in [3.63, 3.8) is 0 Å². The second-order valence-electron chi connectivity index (χ2n) is 9.24. The molecule has 1 amide bonds. The number of amides is 1. The number of hydrogen-bond donors (Lipinski definition) is 2. The van der Waals surface area contributed by atoms with Gasteiger partial charge in [-0.05, 0) is 62.9 Å². The number of anilines is 1. The average molecular weight is 440 g/mol. The molecule has 174 valence electrons. The molecule has 0 bridgehead atoms. The van der Waals surface area contributed by atoms with E-state index in [1.807, 2.05) is 12.1 Å². The Labute approximate surface area is 191 Å². The Balaban J connectivity index is 1.54. The maximum atomic E-state index is 12.8. The van der Waals surface area contributed by atoms with Crippen LogP contribution in [-0.2, 0) is 11.3 Å². The number of nitrogens with zero attached hydrogens (tertiary/aromatic N) is 2. The van der Waals surface area contributed by atoms with Gasteiger partial charge in [0.1, 0.15) is 5.76 Å². The number of carbonyl (C=O) groups is 1. The molecular formula is C26H37N3O3. The molecule has 1 aliphatic heterocycles. The predicted octanol–water partition coefficient (Wildman–Crippen LogP) is 4.11. The number of fused-ring (bicyclic) bond motifs is 1. The predicted molar refractivity (Wildman–Crippen MR) is 126 cm³/mol. The Morgan fingerprint density at radius 3 is 2.66 bits per heavy atom. The van der Waals surface area contributed by atoms with E-state index in [4.69, 9.17) is 4.42 Å². The summed E-state index contributed by atoms with van der Waals surface area (Å²) in [6.45, 7) is 7.75. The summed E-state index contributed by atoms with van der Waals surface area (Å²) < 4.78 is 5.33. The zero-order valence-corrected chi connectivity index (χ0v) is 19.4. The number of carbonyl (C=O) groups excluding carboxylic acids is 1. The summed E-state index contributed by atoms with van der Waals surface area (Å²) in [6, 6.07) is 12.5. The van der Waals surface area contributed by atoms with Gasteiger partial charge in [-0.25, -0.2) is 0 Å². The summed E-state index contributed by atoms with van der Waals surface area (Å²) in [5, 5.41) is 14.5. The molecule has 2 aromatic rings. The highest BCUT2D eigenvalue weighted by atomic mass is 16.3. The van der Waals surface area contributed by atoms with Crippen molar-refractivity contribution in [2.75, 3.05) is 31.1 Å². The summed E-state index contributed by atoms with van der Waals surface area (Å²) in [6.07, 6.45) is 6.45. The molecule has 6 nitrogen and oxygen atoms in total. The summed E-state index contributed by atoms with van der Waals surface area (Å²) in [4.78, 5) is 17.4. The normalized spacial score (nSPS) is 25.8. The molecule has 3 atom stereocenters. The van der Waals surface area contributed by atoms with Crippen LogP contribution in [0, 0.1) is 5.92 Å². The molecule has 1 saturated heterocycles. The molecule has 1 aromatic heterocycles. The van der Waals surface area contributed by atoms with Gasteiger partial charge in [0.2, 0.25) is 5.91 Å². The van der Waals surface area contributed by atoms with Gasteiger partial charge >= 0.3 is 0 Å². The first-order valence-corrected chi connectivity index (χ1v) is 12.1. The van der Waals surface area contributed by atoms with E-state index in [1.165, 1.54) is 11.3 Å². The van der Waals surface area contributed by atoms with E-state index < -0.39 is 5.60 Å². The average Bonchev–Trinajstić information content (AvgIpc) is 3.33. The molecule has 0 unspecified atom stereocenters. The molecule has 0 radical (unpaired) electrons. The van der Waals surface area contributed by atoms with Gasteiger partial charge in [-0.3, -0.25) is 9.69 Å². The van der Waals surface area contributed by atoms with E-state index in [9.17, 15) is 9.90 Å². The molecular weight excluding hydrogens is 402 g/mol. The number of likely N-dealkylation sites (tertiary alicyclic amines) is 1. The Morgan fingerprint density at radius 2 is 1.97 bits per heavy atom. The van der Waals surface area contributed by atoms with E-state index >= 15 is 0 Å². The zero-order valence-electron chi connectivity index (χ0n) is 19.4. The van der Waals surface area contributed by atoms with E-state index in [0.29, 0.717) is 13.1 Å². The fourth-order valence-corrected chi connectivity index (χ4v) is 5.67. The van der Waals surface area contributed by atoms with Gasteiger partial charge in [0, 0.05) is 37.3 Å². The molecule has 0 spiro atoms. The first kappa shape index (κ1) is 22.9. The van der Waals surface area contributed by atoms with Crippen LogP contribution in [0.5, 0.6) is 0 Å². The fraction of sp³-hybridized carbons (Fsp3) is 0.577. The highest BCUT2D eigenvalue weighted by Crippen LogP contribution is 2.49. The van der Waals surface area contributed by atoms with Gasteiger partial charge in [-0.15, -0.1) is 0 Å². The van der Waals surface area contributed by atoms with Crippen LogP contribution in [-0.4, -0.2) is 47.7 Å². The summed E-state index contributed by atoms with van der Waals surface area (Å²) in [7, 11) is 0. The molecule has 2 N–H and O–H groups in total. The highest BCUT2D eigenvalue weighted by Gasteiger charge is 2.49. The first-order chi connectivity index (χ1) is 15.5. The van der Waals surface area contributed by atoms with Gasteiger partial charge in [0.05, 0.1) is 25.0 Å². The number of aliphatic hydroxyl groups is 1. The van der Waals surface area contributed by atoms with Crippen LogP contribution in [0.3, 0.4) is 0 Å². The van der Waals surface area contributed by atoms with Crippen LogP contribution in [0.15, 0.2) is 47.1 Å². The molecule has 1 aromatic carbocycles. The molecule has 32 heavy (non-hydrogen) atoms. The largest absolute Gasteiger partial charge is 0.467 e. The van der Waals surface area contributed by atoms with Crippen LogP contribution >= 0.6 is 0 Å². The topological polar surface area (TPSA) is 69.0 Å². The number of piperidine rings is 1. The number of furan rings is 1. The minimum atomic E-state index is -0.623. The quantitative estimate of drug-likeness (QED) is 0.648. The standard InChI is InChI=1S/C26H37N3O3/c1-3-28(4-2)21-12-10-20(11-13-21)25-23-9-5-6-14-26(23,31)15-16-29(25)19-24(30)27-18-22-8-7-17-32-22/h7-8,10-13,17,23,25,31H,3-6,9,14-16,18-19H2,1-2H3,(H,27,30)/t23-,25+,26-/m0/s1. The molecule has 2 aliphatic rings. The Morgan fingerprint density at radius 1 is 1.19 bits per heavy atom. The fourth-order valence-electron chi connectivity index (χ4n) is 5.67. The van der Waals surface area contributed by atoms with Crippen molar-refractivity contribution in [1.82, 2.24) is 10.2 Å². The lowest BCUT2D eigenvalue weighted by molar-refractivity contribution is -0.138. The third-order valence-corrected chi connectivity index (χ3v) is 7.42. The van der Waals surface area contributed by atoms with Gasteiger partial charge in [-0.2, -0.15) is 0 Å². The van der Waals surface area contributed by atoms with Gasteiger partial charge < -0.3 is 19.7 Å². The molecule has 4 rings (SSSR count). The number of hydrogen-bond acceptors (Lipinski definition) is 5. The van der Waals surface area contributed by atoms with Crippen LogP contribution in [0.2, 0.25) is 0 Å². The smallest absolute Gasteiger partial charge is 0.234 e. The maximum Gasteiger partial charge on any atom is 0.234 e. The summed E-state index contributed by atoms with van der Waals surface area (Å²) in [5.74, 6) is 0.900. The van der Waals surface area contributed by atoms with Crippen LogP contribution < -0.4 is 10.2 Å². The lowest BCUT2D eigenvalue weighted by Crippen LogP contribution is -2.56. The Hall–Kier alpha value is -2.31. The molecule has 1 aliphatic carbocycles. The highest BCUT2D eigenvalue weighted by molar-refractivity contribution is 5.78. The molecule has 6 heteroatoms. The minimum Gasteiger partial charge on any atom is -0.467 e. The van der Waals surface area contributed by atoms with Crippen molar-refractivity contribution < 1.29 is 14.3 Å². The molecule has 1 saturated carbocycles. The number of rotatable bonds is 8. The van der Waals surface area contributed by atoms with Crippen molar-refractivity contribution in [3.8, 4) is 0 Å². The second kappa shape index (κ2) is 10.1. The first-order valence-electron chi connectivity index (χ1n) is 12.1. The number of nitrogens with one attached hydrogen (secondary N) is 1. The van der Waals surface area contributed by atoms with Crippen molar-refractivity contribution in [3.05, 3.63) is 54.0 Å². The van der Waals surface area contributed by atoms with Crippen LogP contribution in [0.1, 0.15) is 63.3 Å². The Kier molecular flexibility index (Phi) is 7.21. The van der Waals surface area contributed by atoms with Crippen LogP contribution in [0.25, 0.3) is 0 Å². The zero-order chi connectivity index (χ0) is 22.6. The summed E-state index contributed by atoms with van der Waals surface area (Å²) >= 11 is 0. The van der Waals surface area contributed by atoms with Crippen molar-refractivity contribution >= 4 is 11.6 Å². The summed E-state index contributed by atoms with van der Waals surface area (Å²) in [5.41, 5.74) is 1.79. The van der Waals surface area contributed by atoms with E-state index in [0.717, 1.165) is 57.5 Å². The van der Waals surface area contributed by atoms with Crippen molar-refractivity contribution in [1.29, 1.82) is 0 Å². The SMILES string of the molecule is CCN(CC)c1ccc([C@@H]2[C@@H]3CCCC[C@]3(O)CCN2CC(=O)NCc2ccco2)cc1. The Bertz CT molecular complexity index is 863. The van der Waals surface area contributed by atoms with Crippen LogP contribution in [0.4, 0.5) is 5.69 Å². The van der Waals surface area contributed by atoms with Gasteiger partial charge in [0.25, 0.3) is 0 Å². The van der Waals surface area contributed by atoms with Crippen molar-refractivity contribution in [2.24, 2.45) is 5.92 Å². The third kappa shape index (κ3) is 4.86. The molecule has 2 heterocycles. The van der Waals surface area contributed by atoms with Gasteiger partial charge in [-0.1, -0.05) is 25.0 Å². The van der Waals surface area contributed by atoms with Crippen molar-refractivity contribution in [2.45, 2.75) is 64.1 Å². The number of benzene rings is 1. The van der Waals surface area contributed by atoms with E-state index in [1.54, 1.807) is 6.26 Å². The van der Waals surface area contributed by atoms with E-state index in [2.05, 4.69) is 53.2 Å². The van der Waals surface area contributed by atoms with E-state index in [-0.39, 0.29) is 17.9 Å². The second-order valence-corrected chi connectivity index (χ2v) is 9.24. The molecule has 2 fully saturated rings. The minimum absolute atomic E-state index is 0.00703. The lowest BCUT2D eigenvalue weighted by atomic mass is 9.66.